The van der Waals surface area contributed by atoms with Crippen LogP contribution in [0.3, 0.4) is 0 Å². The van der Waals surface area contributed by atoms with Crippen LogP contribution >= 0.6 is 15.9 Å². The Kier molecular flexibility index (Phi) is 5.04. The summed E-state index contributed by atoms with van der Waals surface area (Å²) in [6.07, 6.45) is 0. The lowest BCUT2D eigenvalue weighted by Gasteiger charge is -2.10. The lowest BCUT2D eigenvalue weighted by molar-refractivity contribution is -0.119. The number of sulfonamides is 1. The highest BCUT2D eigenvalue weighted by Crippen LogP contribution is 2.21. The minimum atomic E-state index is -4.06. The number of halogens is 1. The summed E-state index contributed by atoms with van der Waals surface area (Å²) in [7, 11) is -2.92. The predicted molar refractivity (Wildman–Crippen MR) is 69.6 cm³/mol. The molecule has 104 valence electrons. The van der Waals surface area contributed by atoms with Crippen LogP contribution in [0.15, 0.2) is 27.6 Å². The molecule has 0 aliphatic heterocycles. The zero-order chi connectivity index (χ0) is 14.6. The van der Waals surface area contributed by atoms with E-state index in [1.807, 2.05) is 10.3 Å². The van der Waals surface area contributed by atoms with E-state index in [-0.39, 0.29) is 10.5 Å². The number of ether oxygens (including phenoxy) is 1. The number of carbonyl (C=O) groups excluding carboxylic acids is 2. The molecule has 0 saturated heterocycles. The van der Waals surface area contributed by atoms with E-state index >= 15 is 0 Å². The van der Waals surface area contributed by atoms with E-state index < -0.39 is 21.9 Å². The van der Waals surface area contributed by atoms with Gasteiger partial charge in [-0.05, 0) is 18.2 Å². The van der Waals surface area contributed by atoms with Gasteiger partial charge in [-0.1, -0.05) is 15.9 Å². The first-order valence-corrected chi connectivity index (χ1v) is 7.22. The van der Waals surface area contributed by atoms with Crippen molar-refractivity contribution in [2.75, 3.05) is 7.11 Å². The van der Waals surface area contributed by atoms with Crippen molar-refractivity contribution in [3.8, 4) is 0 Å². The summed E-state index contributed by atoms with van der Waals surface area (Å²) < 4.78 is 28.9. The number of hydrogen-bond donors (Lipinski definition) is 2. The van der Waals surface area contributed by atoms with E-state index in [4.69, 9.17) is 0 Å². The molecule has 1 aromatic rings. The fourth-order valence-electron chi connectivity index (χ4n) is 1.20. The topological polar surface area (TPSA) is 102 Å². The van der Waals surface area contributed by atoms with Gasteiger partial charge in [0.05, 0.1) is 17.6 Å². The number of hydrazine groups is 1. The van der Waals surface area contributed by atoms with Crippen LogP contribution in [-0.4, -0.2) is 27.4 Å². The highest BCUT2D eigenvalue weighted by molar-refractivity contribution is 9.10. The molecule has 9 heteroatoms. The number of hydrogen-bond acceptors (Lipinski definition) is 5. The van der Waals surface area contributed by atoms with Crippen molar-refractivity contribution in [1.82, 2.24) is 10.3 Å². The van der Waals surface area contributed by atoms with E-state index in [1.54, 1.807) is 0 Å². The number of rotatable bonds is 4. The van der Waals surface area contributed by atoms with Gasteiger partial charge in [0, 0.05) is 11.4 Å². The third-order valence-electron chi connectivity index (χ3n) is 2.00. The summed E-state index contributed by atoms with van der Waals surface area (Å²) in [4.78, 5) is 23.8. The molecule has 0 aliphatic rings. The molecule has 2 N–H and O–H groups in total. The summed E-state index contributed by atoms with van der Waals surface area (Å²) in [5, 5.41) is 0. The molecular formula is C10H11BrN2O5S. The van der Waals surface area contributed by atoms with Gasteiger partial charge in [0.1, 0.15) is 0 Å². The normalized spacial score (nSPS) is 10.9. The Bertz CT molecular complexity index is 614. The van der Waals surface area contributed by atoms with E-state index in [1.165, 1.54) is 18.2 Å². The number of amides is 1. The Balaban J connectivity index is 3.26. The van der Waals surface area contributed by atoms with Crippen LogP contribution in [0.25, 0.3) is 0 Å². The molecule has 0 radical (unpaired) electrons. The fraction of sp³-hybridized carbons (Fsp3) is 0.200. The second-order valence-electron chi connectivity index (χ2n) is 3.42. The quantitative estimate of drug-likeness (QED) is 0.610. The molecule has 0 saturated carbocycles. The maximum absolute atomic E-state index is 11.9. The zero-order valence-corrected chi connectivity index (χ0v) is 12.5. The monoisotopic (exact) mass is 350 g/mol. The third-order valence-corrected chi connectivity index (χ3v) is 3.80. The molecule has 0 unspecified atom stereocenters. The summed E-state index contributed by atoms with van der Waals surface area (Å²) in [5.41, 5.74) is 1.80. The first-order valence-electron chi connectivity index (χ1n) is 4.94. The molecule has 0 aromatic heterocycles. The van der Waals surface area contributed by atoms with Gasteiger partial charge in [0.2, 0.25) is 5.91 Å². The Labute approximate surface area is 118 Å². The lowest BCUT2D eigenvalue weighted by Crippen LogP contribution is -2.40. The molecular weight excluding hydrogens is 340 g/mol. The summed E-state index contributed by atoms with van der Waals surface area (Å²) >= 11 is 3.13. The van der Waals surface area contributed by atoms with Crippen LogP contribution in [0.5, 0.6) is 0 Å². The minimum absolute atomic E-state index is 0.144. The van der Waals surface area contributed by atoms with Crippen LogP contribution in [0.4, 0.5) is 0 Å². The first-order chi connectivity index (χ1) is 8.77. The molecule has 0 aliphatic carbocycles. The number of methoxy groups -OCH3 is 1. The fourth-order valence-corrected chi connectivity index (χ4v) is 2.63. The number of benzene rings is 1. The smallest absolute Gasteiger partial charge is 0.339 e. The summed E-state index contributed by atoms with van der Waals surface area (Å²) in [6.45, 7) is 1.14. The first kappa shape index (κ1) is 15.6. The predicted octanol–water partition coefficient (Wildman–Crippen LogP) is 0.565. The van der Waals surface area contributed by atoms with Crippen LogP contribution in [0, 0.1) is 0 Å². The van der Waals surface area contributed by atoms with Crippen molar-refractivity contribution >= 4 is 37.8 Å². The Morgan fingerprint density at radius 2 is 1.95 bits per heavy atom. The van der Waals surface area contributed by atoms with E-state index in [0.29, 0.717) is 4.47 Å². The summed E-state index contributed by atoms with van der Waals surface area (Å²) in [6, 6.07) is 3.99. The molecule has 19 heavy (non-hydrogen) atoms. The van der Waals surface area contributed by atoms with Crippen LogP contribution in [-0.2, 0) is 19.6 Å². The van der Waals surface area contributed by atoms with Crippen LogP contribution in [0.1, 0.15) is 17.3 Å². The van der Waals surface area contributed by atoms with E-state index in [0.717, 1.165) is 14.0 Å². The van der Waals surface area contributed by atoms with Crippen LogP contribution < -0.4 is 10.3 Å². The second kappa shape index (κ2) is 6.13. The lowest BCUT2D eigenvalue weighted by atomic mass is 10.2. The Morgan fingerprint density at radius 1 is 1.32 bits per heavy atom. The molecule has 0 spiro atoms. The van der Waals surface area contributed by atoms with Gasteiger partial charge in [-0.25, -0.2) is 13.2 Å². The van der Waals surface area contributed by atoms with Crippen molar-refractivity contribution in [3.05, 3.63) is 28.2 Å². The maximum atomic E-state index is 11.9. The van der Waals surface area contributed by atoms with Crippen molar-refractivity contribution < 1.29 is 22.7 Å². The average Bonchev–Trinajstić information content (AvgIpc) is 2.35. The summed E-state index contributed by atoms with van der Waals surface area (Å²) in [5.74, 6) is -1.38. The van der Waals surface area contributed by atoms with Gasteiger partial charge in [-0.2, -0.15) is 0 Å². The molecule has 0 bridgehead atoms. The van der Waals surface area contributed by atoms with Crippen molar-refractivity contribution in [2.24, 2.45) is 0 Å². The van der Waals surface area contributed by atoms with E-state index in [2.05, 4.69) is 20.7 Å². The minimum Gasteiger partial charge on any atom is -0.465 e. The Hall–Kier alpha value is -1.45. The molecule has 0 heterocycles. The average molecular weight is 351 g/mol. The van der Waals surface area contributed by atoms with Gasteiger partial charge < -0.3 is 4.74 Å². The maximum Gasteiger partial charge on any atom is 0.339 e. The second-order valence-corrected chi connectivity index (χ2v) is 5.99. The van der Waals surface area contributed by atoms with Crippen molar-refractivity contribution in [2.45, 2.75) is 11.8 Å². The zero-order valence-electron chi connectivity index (χ0n) is 10.1. The van der Waals surface area contributed by atoms with Gasteiger partial charge in [0.15, 0.2) is 0 Å². The molecule has 1 aromatic carbocycles. The highest BCUT2D eigenvalue weighted by atomic mass is 79.9. The number of esters is 1. The standard InChI is InChI=1S/C10H11BrN2O5S/c1-6(14)12-13-19(16,17)9-4-3-7(11)5-8(9)10(15)18-2/h3-5,13H,1-2H3,(H,12,14). The largest absolute Gasteiger partial charge is 0.465 e. The molecule has 1 rings (SSSR count). The molecule has 7 nitrogen and oxygen atoms in total. The van der Waals surface area contributed by atoms with Crippen LogP contribution in [0.2, 0.25) is 0 Å². The van der Waals surface area contributed by atoms with Crippen molar-refractivity contribution in [1.29, 1.82) is 0 Å². The Morgan fingerprint density at radius 3 is 2.47 bits per heavy atom. The molecule has 1 amide bonds. The molecule has 0 fully saturated rings. The SMILES string of the molecule is COC(=O)c1cc(Br)ccc1S(=O)(=O)NNC(C)=O. The number of nitrogens with one attached hydrogen (secondary N) is 2. The van der Waals surface area contributed by atoms with Gasteiger partial charge in [-0.15, -0.1) is 4.83 Å². The number of carbonyl (C=O) groups is 2. The van der Waals surface area contributed by atoms with Gasteiger partial charge >= 0.3 is 5.97 Å². The van der Waals surface area contributed by atoms with Crippen molar-refractivity contribution in [3.63, 3.8) is 0 Å². The third kappa shape index (κ3) is 4.01. The van der Waals surface area contributed by atoms with Gasteiger partial charge in [-0.3, -0.25) is 10.2 Å². The van der Waals surface area contributed by atoms with E-state index in [9.17, 15) is 18.0 Å². The van der Waals surface area contributed by atoms with Gasteiger partial charge in [0.25, 0.3) is 10.0 Å². The highest BCUT2D eigenvalue weighted by Gasteiger charge is 2.23. The molecule has 0 atom stereocenters.